The molecule has 0 fully saturated rings. The normalized spacial score (nSPS) is 14.2. The van der Waals surface area contributed by atoms with Crippen molar-refractivity contribution in [3.63, 3.8) is 0 Å². The zero-order chi connectivity index (χ0) is 26.6. The lowest BCUT2D eigenvalue weighted by atomic mass is 9.69. The number of carbonyl (C=O) groups is 2. The molecule has 0 saturated heterocycles. The van der Waals surface area contributed by atoms with E-state index in [1.807, 2.05) is 0 Å². The molecule has 2 rings (SSSR count). The zero-order valence-corrected chi connectivity index (χ0v) is 19.6. The molecule has 4 nitrogen and oxygen atoms in total. The molecule has 0 saturated carbocycles. The molecular formula is C25H26F6O4. The molecule has 0 aliphatic heterocycles. The molecule has 2 aromatic carbocycles. The second kappa shape index (κ2) is 10.7. The molecule has 0 radical (unpaired) electrons. The summed E-state index contributed by atoms with van der Waals surface area (Å²) in [7, 11) is 0. The molecule has 0 amide bonds. The van der Waals surface area contributed by atoms with Crippen LogP contribution in [0.15, 0.2) is 48.5 Å². The largest absolute Gasteiger partial charge is 0.459 e. The molecule has 10 heteroatoms. The van der Waals surface area contributed by atoms with Crippen LogP contribution in [0.2, 0.25) is 0 Å². The van der Waals surface area contributed by atoms with Gasteiger partial charge in [0.05, 0.1) is 23.3 Å². The second-order valence-electron chi connectivity index (χ2n) is 8.09. The third kappa shape index (κ3) is 5.46. The van der Waals surface area contributed by atoms with Crippen LogP contribution < -0.4 is 0 Å². The van der Waals surface area contributed by atoms with Gasteiger partial charge in [0.1, 0.15) is 0 Å². The van der Waals surface area contributed by atoms with Gasteiger partial charge in [0.25, 0.3) is 0 Å². The summed E-state index contributed by atoms with van der Waals surface area (Å²) in [5.41, 5.74) is -9.33. The Labute approximate surface area is 199 Å². The van der Waals surface area contributed by atoms with Gasteiger partial charge in [0.15, 0.2) is 0 Å². The zero-order valence-electron chi connectivity index (χ0n) is 19.6. The maximum atomic E-state index is 14.8. The van der Waals surface area contributed by atoms with Gasteiger partial charge in [-0.1, -0.05) is 50.2 Å². The Kier molecular flexibility index (Phi) is 8.62. The van der Waals surface area contributed by atoms with Gasteiger partial charge in [-0.05, 0) is 49.9 Å². The van der Waals surface area contributed by atoms with E-state index in [0.717, 1.165) is 36.4 Å². The Morgan fingerprint density at radius 2 is 1.00 bits per heavy atom. The maximum absolute atomic E-state index is 14.8. The number of ether oxygens (including phenoxy) is 2. The SMILES string of the molecule is CCC(C)OC(=O)c1ccccc1C(c1ccccc1C(=O)OC(C)CC)(C(F)(F)F)C(F)(F)F. The molecule has 0 spiro atoms. The summed E-state index contributed by atoms with van der Waals surface area (Å²) in [6.45, 7) is 6.19. The fraction of sp³-hybridized carbons (Fsp3) is 0.440. The van der Waals surface area contributed by atoms with Crippen molar-refractivity contribution in [2.24, 2.45) is 0 Å². The lowest BCUT2D eigenvalue weighted by molar-refractivity contribution is -0.288. The highest BCUT2D eigenvalue weighted by Crippen LogP contribution is 2.57. The monoisotopic (exact) mass is 504 g/mol. The molecule has 0 N–H and O–H groups in total. The highest BCUT2D eigenvalue weighted by molar-refractivity contribution is 5.94. The van der Waals surface area contributed by atoms with E-state index in [9.17, 15) is 35.9 Å². The molecule has 2 atom stereocenters. The van der Waals surface area contributed by atoms with Gasteiger partial charge >= 0.3 is 24.3 Å². The lowest BCUT2D eigenvalue weighted by Crippen LogP contribution is -2.56. The Bertz CT molecular complexity index is 961. The Balaban J connectivity index is 2.97. The maximum Gasteiger partial charge on any atom is 0.411 e. The fourth-order valence-corrected chi connectivity index (χ4v) is 3.55. The first-order valence-electron chi connectivity index (χ1n) is 11.0. The molecule has 192 valence electrons. The number of halogens is 6. The third-order valence-electron chi connectivity index (χ3n) is 5.72. The van der Waals surface area contributed by atoms with Crippen LogP contribution in [0.5, 0.6) is 0 Å². The molecule has 0 bridgehead atoms. The molecular weight excluding hydrogens is 478 g/mol. The van der Waals surface area contributed by atoms with Gasteiger partial charge in [0, 0.05) is 0 Å². The van der Waals surface area contributed by atoms with Crippen molar-refractivity contribution >= 4 is 11.9 Å². The fourth-order valence-electron chi connectivity index (χ4n) is 3.55. The molecule has 0 aliphatic carbocycles. The minimum atomic E-state index is -6.01. The van der Waals surface area contributed by atoms with Crippen molar-refractivity contribution in [1.29, 1.82) is 0 Å². The Morgan fingerprint density at radius 1 is 0.686 bits per heavy atom. The molecule has 0 heterocycles. The van der Waals surface area contributed by atoms with Crippen molar-refractivity contribution < 1.29 is 45.4 Å². The quantitative estimate of drug-likeness (QED) is 0.287. The molecule has 0 aromatic heterocycles. The number of rotatable bonds is 8. The number of hydrogen-bond acceptors (Lipinski definition) is 4. The van der Waals surface area contributed by atoms with Gasteiger partial charge in [-0.25, -0.2) is 9.59 Å². The van der Waals surface area contributed by atoms with Crippen LogP contribution in [0.4, 0.5) is 26.3 Å². The number of esters is 2. The van der Waals surface area contributed by atoms with E-state index < -0.39 is 64.2 Å². The van der Waals surface area contributed by atoms with E-state index in [0.29, 0.717) is 25.0 Å². The first-order chi connectivity index (χ1) is 16.2. The summed E-state index contributed by atoms with van der Waals surface area (Å²) < 4.78 is 98.7. The molecule has 0 aliphatic rings. The number of carbonyl (C=O) groups excluding carboxylic acids is 2. The topological polar surface area (TPSA) is 52.6 Å². The van der Waals surface area contributed by atoms with E-state index in [-0.39, 0.29) is 0 Å². The van der Waals surface area contributed by atoms with Crippen molar-refractivity contribution in [3.05, 3.63) is 70.8 Å². The minimum absolute atomic E-state index is 0.294. The minimum Gasteiger partial charge on any atom is -0.459 e. The second-order valence-corrected chi connectivity index (χ2v) is 8.09. The van der Waals surface area contributed by atoms with Crippen LogP contribution in [0.3, 0.4) is 0 Å². The number of hydrogen-bond donors (Lipinski definition) is 0. The highest BCUT2D eigenvalue weighted by atomic mass is 19.4. The lowest BCUT2D eigenvalue weighted by Gasteiger charge is -2.40. The Hall–Kier alpha value is -3.04. The summed E-state index contributed by atoms with van der Waals surface area (Å²) >= 11 is 0. The van der Waals surface area contributed by atoms with E-state index in [2.05, 4.69) is 0 Å². The number of benzene rings is 2. The van der Waals surface area contributed by atoms with Crippen LogP contribution >= 0.6 is 0 Å². The Morgan fingerprint density at radius 3 is 1.29 bits per heavy atom. The van der Waals surface area contributed by atoms with E-state index in [1.54, 1.807) is 13.8 Å². The van der Waals surface area contributed by atoms with Gasteiger partial charge < -0.3 is 9.47 Å². The number of alkyl halides is 6. The van der Waals surface area contributed by atoms with E-state index >= 15 is 0 Å². The summed E-state index contributed by atoms with van der Waals surface area (Å²) in [5.74, 6) is -2.68. The van der Waals surface area contributed by atoms with Gasteiger partial charge in [-0.3, -0.25) is 0 Å². The molecule has 35 heavy (non-hydrogen) atoms. The van der Waals surface area contributed by atoms with Crippen LogP contribution in [-0.2, 0) is 14.9 Å². The smallest absolute Gasteiger partial charge is 0.411 e. The summed E-state index contributed by atoms with van der Waals surface area (Å²) in [6.07, 6.45) is -12.9. The van der Waals surface area contributed by atoms with E-state index in [1.165, 1.54) is 13.8 Å². The van der Waals surface area contributed by atoms with Crippen molar-refractivity contribution in [1.82, 2.24) is 0 Å². The van der Waals surface area contributed by atoms with Crippen LogP contribution in [0, 0.1) is 0 Å². The predicted molar refractivity (Wildman–Crippen MR) is 116 cm³/mol. The van der Waals surface area contributed by atoms with Crippen LogP contribution in [0.25, 0.3) is 0 Å². The average molecular weight is 504 g/mol. The van der Waals surface area contributed by atoms with E-state index in [4.69, 9.17) is 9.47 Å². The summed E-state index contributed by atoms with van der Waals surface area (Å²) in [4.78, 5) is 25.4. The molecule has 2 aromatic rings. The van der Waals surface area contributed by atoms with Gasteiger partial charge in [-0.2, -0.15) is 26.3 Å². The first kappa shape index (κ1) is 28.2. The third-order valence-corrected chi connectivity index (χ3v) is 5.72. The van der Waals surface area contributed by atoms with Crippen LogP contribution in [0.1, 0.15) is 72.4 Å². The predicted octanol–water partition coefficient (Wildman–Crippen LogP) is 7.01. The van der Waals surface area contributed by atoms with Crippen molar-refractivity contribution in [3.8, 4) is 0 Å². The van der Waals surface area contributed by atoms with Crippen LogP contribution in [-0.4, -0.2) is 36.5 Å². The summed E-state index contributed by atoms with van der Waals surface area (Å²) in [6, 6.07) is 7.02. The van der Waals surface area contributed by atoms with Crippen molar-refractivity contribution in [2.75, 3.05) is 0 Å². The average Bonchev–Trinajstić information content (AvgIpc) is 2.77. The standard InChI is InChI=1S/C25H26F6O4/c1-5-15(3)34-21(32)17-11-7-9-13-19(17)23(24(26,27)28,25(29,30)31)20-14-10-8-12-18(20)22(33)35-16(4)6-2/h7-16H,5-6H2,1-4H3. The first-order valence-corrected chi connectivity index (χ1v) is 11.0. The van der Waals surface area contributed by atoms with Crippen molar-refractivity contribution in [2.45, 2.75) is 70.5 Å². The summed E-state index contributed by atoms with van der Waals surface area (Å²) in [5, 5.41) is 0. The van der Waals surface area contributed by atoms with Gasteiger partial charge in [0.2, 0.25) is 5.41 Å². The molecule has 2 unspecified atom stereocenters. The van der Waals surface area contributed by atoms with Gasteiger partial charge in [-0.15, -0.1) is 0 Å². The highest BCUT2D eigenvalue weighted by Gasteiger charge is 2.74.